The van der Waals surface area contributed by atoms with Crippen LogP contribution in [-0.2, 0) is 0 Å². The second-order valence-electron chi connectivity index (χ2n) is 3.81. The van der Waals surface area contributed by atoms with Gasteiger partial charge in [-0.05, 0) is 26.3 Å². The van der Waals surface area contributed by atoms with Crippen LogP contribution in [0.3, 0.4) is 0 Å². The Balaban J connectivity index is 2.99. The minimum atomic E-state index is -0.396. The highest BCUT2D eigenvalue weighted by molar-refractivity contribution is 5.54. The van der Waals surface area contributed by atoms with Gasteiger partial charge >= 0.3 is 0 Å². The third kappa shape index (κ3) is 2.96. The fourth-order valence-electron chi connectivity index (χ4n) is 1.85. The number of hydrogen-bond donors (Lipinski definition) is 1. The van der Waals surface area contributed by atoms with Gasteiger partial charge in [0.15, 0.2) is 0 Å². The Morgan fingerprint density at radius 2 is 1.93 bits per heavy atom. The maximum Gasteiger partial charge on any atom is 0.0781 e. The predicted molar refractivity (Wildman–Crippen MR) is 65.3 cm³/mol. The molecule has 0 saturated carbocycles. The topological polar surface area (TPSA) is 23.5 Å². The molecular weight excluding hydrogens is 186 g/mol. The molecule has 0 radical (unpaired) electrons. The van der Waals surface area contributed by atoms with Crippen molar-refractivity contribution in [3.05, 3.63) is 29.8 Å². The van der Waals surface area contributed by atoms with Gasteiger partial charge in [0.25, 0.3) is 0 Å². The molecule has 0 fully saturated rings. The molecule has 2 nitrogen and oxygen atoms in total. The van der Waals surface area contributed by atoms with E-state index in [1.54, 1.807) is 0 Å². The Hall–Kier alpha value is -1.02. The zero-order valence-electron chi connectivity index (χ0n) is 9.90. The quantitative estimate of drug-likeness (QED) is 0.802. The molecule has 1 rings (SSSR count). The summed E-state index contributed by atoms with van der Waals surface area (Å²) in [6.45, 7) is 8.17. The van der Waals surface area contributed by atoms with E-state index in [0.717, 1.165) is 30.8 Å². The first kappa shape index (κ1) is 12.1. The molecule has 2 heteroatoms. The van der Waals surface area contributed by atoms with E-state index in [9.17, 15) is 5.11 Å². The van der Waals surface area contributed by atoms with Gasteiger partial charge in [0.05, 0.1) is 6.10 Å². The number of rotatable bonds is 5. The van der Waals surface area contributed by atoms with E-state index in [2.05, 4.69) is 24.8 Å². The van der Waals surface area contributed by atoms with E-state index in [-0.39, 0.29) is 0 Å². The lowest BCUT2D eigenvalue weighted by molar-refractivity contribution is 0.199. The molecule has 0 unspecified atom stereocenters. The first-order chi connectivity index (χ1) is 7.20. The van der Waals surface area contributed by atoms with E-state index in [1.807, 2.05) is 25.1 Å². The number of para-hydroxylation sites is 1. The predicted octanol–water partition coefficient (Wildman–Crippen LogP) is 2.98. The summed E-state index contributed by atoms with van der Waals surface area (Å²) in [5.74, 6) is 0. The van der Waals surface area contributed by atoms with Crippen molar-refractivity contribution in [3.63, 3.8) is 0 Å². The van der Waals surface area contributed by atoms with Gasteiger partial charge in [0, 0.05) is 24.3 Å². The van der Waals surface area contributed by atoms with Gasteiger partial charge < -0.3 is 10.0 Å². The highest BCUT2D eigenvalue weighted by Gasteiger charge is 2.11. The maximum atomic E-state index is 9.69. The second kappa shape index (κ2) is 5.76. The highest BCUT2D eigenvalue weighted by atomic mass is 16.3. The molecule has 0 amide bonds. The monoisotopic (exact) mass is 207 g/mol. The van der Waals surface area contributed by atoms with Crippen LogP contribution in [0.1, 0.15) is 38.9 Å². The Labute approximate surface area is 92.5 Å². The molecule has 0 aromatic heterocycles. The van der Waals surface area contributed by atoms with Gasteiger partial charge in [-0.3, -0.25) is 0 Å². The van der Waals surface area contributed by atoms with Crippen molar-refractivity contribution in [2.75, 3.05) is 18.0 Å². The molecule has 15 heavy (non-hydrogen) atoms. The minimum absolute atomic E-state index is 0.396. The molecule has 1 aromatic rings. The Bertz CT molecular complexity index is 296. The molecule has 0 aliphatic carbocycles. The maximum absolute atomic E-state index is 9.69. The summed E-state index contributed by atoms with van der Waals surface area (Å²) in [5, 5.41) is 9.69. The zero-order valence-corrected chi connectivity index (χ0v) is 9.90. The van der Waals surface area contributed by atoms with Crippen molar-refractivity contribution in [1.82, 2.24) is 0 Å². The fraction of sp³-hybridized carbons (Fsp3) is 0.538. The zero-order chi connectivity index (χ0) is 11.3. The average Bonchev–Trinajstić information content (AvgIpc) is 2.26. The molecule has 0 saturated heterocycles. The standard InChI is InChI=1S/C13H21NO/c1-4-10-14(5-2)13-9-7-6-8-12(13)11(3)15/h6-9,11,15H,4-5,10H2,1-3H3/t11-/m0/s1. The molecule has 0 aliphatic rings. The number of benzene rings is 1. The van der Waals surface area contributed by atoms with Crippen molar-refractivity contribution in [1.29, 1.82) is 0 Å². The van der Waals surface area contributed by atoms with Gasteiger partial charge in [-0.15, -0.1) is 0 Å². The number of aliphatic hydroxyl groups excluding tert-OH is 1. The number of aliphatic hydroxyl groups is 1. The smallest absolute Gasteiger partial charge is 0.0781 e. The van der Waals surface area contributed by atoms with Crippen molar-refractivity contribution >= 4 is 5.69 Å². The first-order valence-corrected chi connectivity index (χ1v) is 5.72. The summed E-state index contributed by atoms with van der Waals surface area (Å²) in [5.41, 5.74) is 2.18. The average molecular weight is 207 g/mol. The van der Waals surface area contributed by atoms with Crippen molar-refractivity contribution in [2.45, 2.75) is 33.3 Å². The van der Waals surface area contributed by atoms with Crippen molar-refractivity contribution < 1.29 is 5.11 Å². The fourth-order valence-corrected chi connectivity index (χ4v) is 1.85. The largest absolute Gasteiger partial charge is 0.389 e. The number of anilines is 1. The molecule has 1 atom stereocenters. The summed E-state index contributed by atoms with van der Waals surface area (Å²) in [6, 6.07) is 8.09. The van der Waals surface area contributed by atoms with E-state index < -0.39 is 6.10 Å². The summed E-state index contributed by atoms with van der Waals surface area (Å²) >= 11 is 0. The Kier molecular flexibility index (Phi) is 4.63. The molecule has 1 aromatic carbocycles. The van der Waals surface area contributed by atoms with Crippen LogP contribution in [0.5, 0.6) is 0 Å². The molecule has 0 spiro atoms. The van der Waals surface area contributed by atoms with Gasteiger partial charge in [-0.2, -0.15) is 0 Å². The molecular formula is C13H21NO. The highest BCUT2D eigenvalue weighted by Crippen LogP contribution is 2.25. The van der Waals surface area contributed by atoms with Crippen LogP contribution in [-0.4, -0.2) is 18.2 Å². The van der Waals surface area contributed by atoms with Crippen LogP contribution in [0.15, 0.2) is 24.3 Å². The normalized spacial score (nSPS) is 12.5. The van der Waals surface area contributed by atoms with E-state index in [1.165, 1.54) is 0 Å². The van der Waals surface area contributed by atoms with E-state index in [4.69, 9.17) is 0 Å². The van der Waals surface area contributed by atoms with Gasteiger partial charge in [0.1, 0.15) is 0 Å². The van der Waals surface area contributed by atoms with Gasteiger partial charge in [-0.25, -0.2) is 0 Å². The third-order valence-corrected chi connectivity index (χ3v) is 2.60. The van der Waals surface area contributed by atoms with Crippen LogP contribution in [0.2, 0.25) is 0 Å². The van der Waals surface area contributed by atoms with Crippen LogP contribution < -0.4 is 4.90 Å². The van der Waals surface area contributed by atoms with E-state index >= 15 is 0 Å². The van der Waals surface area contributed by atoms with Crippen LogP contribution >= 0.6 is 0 Å². The summed E-state index contributed by atoms with van der Waals surface area (Å²) in [7, 11) is 0. The van der Waals surface area contributed by atoms with Crippen LogP contribution in [0.25, 0.3) is 0 Å². The second-order valence-corrected chi connectivity index (χ2v) is 3.81. The van der Waals surface area contributed by atoms with Gasteiger partial charge in [-0.1, -0.05) is 25.1 Å². The third-order valence-electron chi connectivity index (χ3n) is 2.60. The van der Waals surface area contributed by atoms with E-state index in [0.29, 0.717) is 0 Å². The summed E-state index contributed by atoms with van der Waals surface area (Å²) < 4.78 is 0. The molecule has 1 N–H and O–H groups in total. The molecule has 84 valence electrons. The SMILES string of the molecule is CCCN(CC)c1ccccc1[C@H](C)O. The first-order valence-electron chi connectivity index (χ1n) is 5.72. The molecule has 0 heterocycles. The minimum Gasteiger partial charge on any atom is -0.389 e. The van der Waals surface area contributed by atoms with Gasteiger partial charge in [0.2, 0.25) is 0 Å². The lowest BCUT2D eigenvalue weighted by Gasteiger charge is -2.26. The Morgan fingerprint density at radius 3 is 2.47 bits per heavy atom. The van der Waals surface area contributed by atoms with Crippen molar-refractivity contribution in [3.8, 4) is 0 Å². The lowest BCUT2D eigenvalue weighted by atomic mass is 10.1. The van der Waals surface area contributed by atoms with Crippen molar-refractivity contribution in [2.24, 2.45) is 0 Å². The molecule has 0 bridgehead atoms. The summed E-state index contributed by atoms with van der Waals surface area (Å²) in [4.78, 5) is 2.31. The Morgan fingerprint density at radius 1 is 1.27 bits per heavy atom. The van der Waals surface area contributed by atoms with Crippen LogP contribution in [0, 0.1) is 0 Å². The number of hydrogen-bond acceptors (Lipinski definition) is 2. The van der Waals surface area contributed by atoms with Crippen LogP contribution in [0.4, 0.5) is 5.69 Å². The summed E-state index contributed by atoms with van der Waals surface area (Å²) in [6.07, 6.45) is 0.731. The molecule has 0 aliphatic heterocycles. The lowest BCUT2D eigenvalue weighted by Crippen LogP contribution is -2.24. The number of nitrogens with zero attached hydrogens (tertiary/aromatic N) is 1.